The van der Waals surface area contributed by atoms with E-state index in [1.54, 1.807) is 55.4 Å². The molecule has 0 fully saturated rings. The Morgan fingerprint density at radius 1 is 0.773 bits per heavy atom. The van der Waals surface area contributed by atoms with Crippen LogP contribution in [-0.4, -0.2) is 36.4 Å². The van der Waals surface area contributed by atoms with Crippen LogP contribution in [0, 0.1) is 22.7 Å². The Morgan fingerprint density at radius 2 is 1.05 bits per heavy atom. The van der Waals surface area contributed by atoms with Crippen molar-refractivity contribution in [3.8, 4) is 0 Å². The molecule has 0 amide bonds. The summed E-state index contributed by atoms with van der Waals surface area (Å²) in [5, 5.41) is 0. The van der Waals surface area contributed by atoms with Gasteiger partial charge in [-0.2, -0.15) is 16.8 Å². The molecule has 134 valence electrons. The van der Waals surface area contributed by atoms with Gasteiger partial charge in [-0.25, -0.2) is 0 Å². The molecule has 2 atom stereocenters. The second-order valence-corrected chi connectivity index (χ2v) is 11.5. The van der Waals surface area contributed by atoms with Crippen LogP contribution in [0.25, 0.3) is 0 Å². The third kappa shape index (κ3) is 4.66. The van der Waals surface area contributed by atoms with Gasteiger partial charge >= 0.3 is 0 Å². The van der Waals surface area contributed by atoms with Crippen molar-refractivity contribution in [2.24, 2.45) is 22.7 Å². The highest BCUT2D eigenvalue weighted by Gasteiger charge is 2.59. The Labute approximate surface area is 135 Å². The minimum Gasteiger partial charge on any atom is -0.285 e. The van der Waals surface area contributed by atoms with E-state index in [4.69, 9.17) is 0 Å². The van der Waals surface area contributed by atoms with E-state index in [0.717, 1.165) is 0 Å². The van der Waals surface area contributed by atoms with Crippen molar-refractivity contribution < 1.29 is 25.9 Å². The highest BCUT2D eigenvalue weighted by Crippen LogP contribution is 2.49. The maximum Gasteiger partial charge on any atom is 0.272 e. The van der Waals surface area contributed by atoms with E-state index in [9.17, 15) is 25.9 Å². The standard InChI is InChI=1S/C14H30O6S2/c1-10(12(3,4)5)14(22(18,19)20,9-21(15,16)17)11(2)13(6,7)8/h10-11H,9H2,1-8H3,(H,15,16,17)(H,18,19,20). The van der Waals surface area contributed by atoms with Gasteiger partial charge in [0.1, 0.15) is 4.75 Å². The Kier molecular flexibility index (Phi) is 5.98. The third-order valence-corrected chi connectivity index (χ3v) is 7.79. The molecule has 0 aromatic rings. The van der Waals surface area contributed by atoms with Gasteiger partial charge in [-0.15, -0.1) is 0 Å². The smallest absolute Gasteiger partial charge is 0.272 e. The van der Waals surface area contributed by atoms with Crippen LogP contribution >= 0.6 is 0 Å². The fourth-order valence-corrected chi connectivity index (χ4v) is 6.61. The first-order chi connectivity index (χ1) is 9.27. The molecule has 0 saturated heterocycles. The molecule has 22 heavy (non-hydrogen) atoms. The molecule has 0 bridgehead atoms. The Morgan fingerprint density at radius 3 is 1.18 bits per heavy atom. The molecule has 6 nitrogen and oxygen atoms in total. The minimum absolute atomic E-state index is 0.597. The summed E-state index contributed by atoms with van der Waals surface area (Å²) in [5.74, 6) is -2.47. The summed E-state index contributed by atoms with van der Waals surface area (Å²) in [7, 11) is -9.38. The van der Waals surface area contributed by atoms with Crippen LogP contribution in [0.1, 0.15) is 55.4 Å². The molecule has 0 heterocycles. The maximum absolute atomic E-state index is 12.3. The van der Waals surface area contributed by atoms with Crippen LogP contribution in [0.4, 0.5) is 0 Å². The van der Waals surface area contributed by atoms with Gasteiger partial charge in [-0.3, -0.25) is 9.11 Å². The molecule has 8 heteroatoms. The highest BCUT2D eigenvalue weighted by molar-refractivity contribution is 7.90. The normalized spacial score (nSPS) is 20.3. The Hall–Kier alpha value is -0.180. The van der Waals surface area contributed by atoms with Gasteiger partial charge < -0.3 is 0 Å². The SMILES string of the molecule is CC(C(C)(C)C)C(CS(=O)(=O)O)(C(C)C(C)(C)C)S(=O)(=O)O. The average Bonchev–Trinajstić information content (AvgIpc) is 2.18. The van der Waals surface area contributed by atoms with Crippen LogP contribution in [-0.2, 0) is 20.2 Å². The van der Waals surface area contributed by atoms with Crippen molar-refractivity contribution in [1.82, 2.24) is 0 Å². The first-order valence-corrected chi connectivity index (χ1v) is 10.2. The summed E-state index contributed by atoms with van der Waals surface area (Å²) in [5.41, 5.74) is -1.19. The molecule has 2 unspecified atom stereocenters. The molecule has 2 N–H and O–H groups in total. The van der Waals surface area contributed by atoms with Gasteiger partial charge in [0.2, 0.25) is 0 Å². The fraction of sp³-hybridized carbons (Fsp3) is 1.00. The largest absolute Gasteiger partial charge is 0.285 e. The fourth-order valence-electron chi connectivity index (χ4n) is 2.90. The molecule has 0 aliphatic heterocycles. The van der Waals surface area contributed by atoms with Gasteiger partial charge in [0, 0.05) is 0 Å². The van der Waals surface area contributed by atoms with Gasteiger partial charge in [0.05, 0.1) is 5.75 Å². The second kappa shape index (κ2) is 6.03. The van der Waals surface area contributed by atoms with Gasteiger partial charge in [0.15, 0.2) is 0 Å². The van der Waals surface area contributed by atoms with Gasteiger partial charge in [0.25, 0.3) is 20.2 Å². The van der Waals surface area contributed by atoms with Crippen molar-refractivity contribution in [3.05, 3.63) is 0 Å². The van der Waals surface area contributed by atoms with Crippen molar-refractivity contribution in [2.45, 2.75) is 60.1 Å². The lowest BCUT2D eigenvalue weighted by molar-refractivity contribution is 0.0986. The molecule has 0 saturated carbocycles. The average molecular weight is 359 g/mol. The first-order valence-electron chi connectivity index (χ1n) is 7.19. The lowest BCUT2D eigenvalue weighted by Gasteiger charge is -2.49. The van der Waals surface area contributed by atoms with Crippen molar-refractivity contribution in [3.63, 3.8) is 0 Å². The zero-order chi connectivity index (χ0) is 18.4. The highest BCUT2D eigenvalue weighted by atomic mass is 32.2. The Balaban J connectivity index is 6.72. The summed E-state index contributed by atoms with van der Waals surface area (Å²) >= 11 is 0. The monoisotopic (exact) mass is 358 g/mol. The minimum atomic E-state index is -4.76. The molecule has 0 aliphatic rings. The molecule has 0 radical (unpaired) electrons. The lowest BCUT2D eigenvalue weighted by Crippen LogP contribution is -2.60. The van der Waals surface area contributed by atoms with E-state index < -0.39 is 53.4 Å². The predicted molar refractivity (Wildman–Crippen MR) is 87.9 cm³/mol. The summed E-state index contributed by atoms with van der Waals surface area (Å²) in [6.07, 6.45) is 0. The molecule has 0 aliphatic carbocycles. The van der Waals surface area contributed by atoms with Crippen LogP contribution in [0.3, 0.4) is 0 Å². The maximum atomic E-state index is 12.3. The van der Waals surface area contributed by atoms with Gasteiger partial charge in [-0.1, -0.05) is 55.4 Å². The molecular weight excluding hydrogens is 328 g/mol. The zero-order valence-electron chi connectivity index (χ0n) is 14.7. The van der Waals surface area contributed by atoms with E-state index >= 15 is 0 Å². The van der Waals surface area contributed by atoms with Crippen molar-refractivity contribution in [2.75, 3.05) is 5.75 Å². The van der Waals surface area contributed by atoms with Crippen LogP contribution < -0.4 is 0 Å². The van der Waals surface area contributed by atoms with E-state index in [1.807, 2.05) is 0 Å². The Bertz CT molecular complexity index is 570. The number of hydrogen-bond donors (Lipinski definition) is 2. The second-order valence-electron chi connectivity index (χ2n) is 8.33. The van der Waals surface area contributed by atoms with E-state index in [2.05, 4.69) is 0 Å². The first kappa shape index (κ1) is 21.8. The molecule has 0 aromatic heterocycles. The van der Waals surface area contributed by atoms with E-state index in [0.29, 0.717) is 0 Å². The molecule has 0 rings (SSSR count). The third-order valence-electron chi connectivity index (χ3n) is 4.95. The van der Waals surface area contributed by atoms with E-state index in [-0.39, 0.29) is 0 Å². The topological polar surface area (TPSA) is 109 Å². The summed E-state index contributed by atoms with van der Waals surface area (Å²) in [6, 6.07) is 0. The summed E-state index contributed by atoms with van der Waals surface area (Å²) in [6.45, 7) is 13.8. The van der Waals surface area contributed by atoms with Gasteiger partial charge in [-0.05, 0) is 22.7 Å². The summed E-state index contributed by atoms with van der Waals surface area (Å²) < 4.78 is 64.9. The quantitative estimate of drug-likeness (QED) is 0.731. The number of hydrogen-bond acceptors (Lipinski definition) is 4. The van der Waals surface area contributed by atoms with E-state index in [1.165, 1.54) is 0 Å². The van der Waals surface area contributed by atoms with Crippen LogP contribution in [0.15, 0.2) is 0 Å². The lowest BCUT2D eigenvalue weighted by atomic mass is 9.64. The van der Waals surface area contributed by atoms with Crippen molar-refractivity contribution >= 4 is 20.2 Å². The molecule has 0 spiro atoms. The predicted octanol–water partition coefficient (Wildman–Crippen LogP) is 2.87. The summed E-state index contributed by atoms with van der Waals surface area (Å²) in [4.78, 5) is 0. The van der Waals surface area contributed by atoms with Crippen LogP contribution in [0.2, 0.25) is 0 Å². The zero-order valence-corrected chi connectivity index (χ0v) is 16.3. The van der Waals surface area contributed by atoms with Crippen LogP contribution in [0.5, 0.6) is 0 Å². The number of rotatable bonds is 5. The van der Waals surface area contributed by atoms with Crippen molar-refractivity contribution in [1.29, 1.82) is 0 Å². The molecule has 0 aromatic carbocycles. The molecular formula is C14H30O6S2.